The first-order chi connectivity index (χ1) is 7.20. The molecule has 0 amide bonds. The molecule has 1 aliphatic heterocycles. The maximum absolute atomic E-state index is 11.3. The van der Waals surface area contributed by atoms with Crippen LogP contribution in [-0.4, -0.2) is 19.7 Å². The fourth-order valence-electron chi connectivity index (χ4n) is 1.55. The lowest BCUT2D eigenvalue weighted by atomic mass is 10.1. The van der Waals surface area contributed by atoms with Crippen molar-refractivity contribution in [3.8, 4) is 5.75 Å². The van der Waals surface area contributed by atoms with Gasteiger partial charge in [-0.15, -0.1) is 0 Å². The van der Waals surface area contributed by atoms with E-state index in [-0.39, 0.29) is 12.6 Å². The Kier molecular flexibility index (Phi) is 2.46. The Bertz CT molecular complexity index is 432. The molecule has 78 valence electrons. The number of hydrogen-bond donors (Lipinski definition) is 0. The summed E-state index contributed by atoms with van der Waals surface area (Å²) in [4.78, 5) is 11.3. The normalized spacial score (nSPS) is 13.6. The summed E-state index contributed by atoms with van der Waals surface area (Å²) >= 11 is 0. The summed E-state index contributed by atoms with van der Waals surface area (Å²) in [5.74, 6) is 0.482. The first-order valence-corrected chi connectivity index (χ1v) is 4.73. The number of fused-ring (bicyclic) bond motifs is 1. The summed E-state index contributed by atoms with van der Waals surface area (Å²) in [5.41, 5.74) is 2.62. The Morgan fingerprint density at radius 1 is 1.47 bits per heavy atom. The number of aryl methyl sites for hydroxylation is 1. The summed E-state index contributed by atoms with van der Waals surface area (Å²) in [6.45, 7) is 2.28. The Balaban J connectivity index is 2.39. The van der Waals surface area contributed by atoms with Crippen molar-refractivity contribution in [1.82, 2.24) is 0 Å². The minimum absolute atomic E-state index is 0.280. The minimum atomic E-state index is -0.331. The molecule has 0 saturated carbocycles. The van der Waals surface area contributed by atoms with Crippen LogP contribution in [0, 0.1) is 6.92 Å². The standard InChI is InChI=1S/C12H12O3/c1-8-3-4-11-9(5-8)6-10(7-15-11)12(13)14-2/h3-6H,7H2,1-2H3. The van der Waals surface area contributed by atoms with E-state index in [2.05, 4.69) is 4.74 Å². The smallest absolute Gasteiger partial charge is 0.337 e. The minimum Gasteiger partial charge on any atom is -0.488 e. The van der Waals surface area contributed by atoms with Crippen LogP contribution >= 0.6 is 0 Å². The second-order valence-electron chi connectivity index (χ2n) is 3.49. The number of carbonyl (C=O) groups is 1. The molecule has 0 aliphatic carbocycles. The van der Waals surface area contributed by atoms with Gasteiger partial charge in [-0.3, -0.25) is 0 Å². The van der Waals surface area contributed by atoms with Crippen molar-refractivity contribution in [2.75, 3.05) is 13.7 Å². The van der Waals surface area contributed by atoms with E-state index in [9.17, 15) is 4.79 Å². The SMILES string of the molecule is COC(=O)C1=Cc2cc(C)ccc2OC1. The molecule has 1 heterocycles. The third kappa shape index (κ3) is 1.86. The van der Waals surface area contributed by atoms with Gasteiger partial charge in [0.25, 0.3) is 0 Å². The van der Waals surface area contributed by atoms with Crippen molar-refractivity contribution in [3.63, 3.8) is 0 Å². The average molecular weight is 204 g/mol. The number of rotatable bonds is 1. The van der Waals surface area contributed by atoms with Crippen LogP contribution < -0.4 is 4.74 Å². The van der Waals surface area contributed by atoms with Gasteiger partial charge < -0.3 is 9.47 Å². The van der Waals surface area contributed by atoms with Crippen molar-refractivity contribution in [2.24, 2.45) is 0 Å². The molecule has 0 bridgehead atoms. The molecule has 3 nitrogen and oxygen atoms in total. The fourth-order valence-corrected chi connectivity index (χ4v) is 1.55. The van der Waals surface area contributed by atoms with Crippen LogP contribution in [-0.2, 0) is 9.53 Å². The van der Waals surface area contributed by atoms with E-state index in [0.717, 1.165) is 16.9 Å². The lowest BCUT2D eigenvalue weighted by molar-refractivity contribution is -0.136. The zero-order valence-electron chi connectivity index (χ0n) is 8.74. The second-order valence-corrected chi connectivity index (χ2v) is 3.49. The number of esters is 1. The zero-order valence-corrected chi connectivity index (χ0v) is 8.74. The molecule has 0 saturated heterocycles. The number of hydrogen-bond acceptors (Lipinski definition) is 3. The molecule has 0 unspecified atom stereocenters. The topological polar surface area (TPSA) is 35.5 Å². The maximum atomic E-state index is 11.3. The first-order valence-electron chi connectivity index (χ1n) is 4.73. The highest BCUT2D eigenvalue weighted by atomic mass is 16.5. The van der Waals surface area contributed by atoms with Crippen molar-refractivity contribution >= 4 is 12.0 Å². The van der Waals surface area contributed by atoms with E-state index in [0.29, 0.717) is 5.57 Å². The summed E-state index contributed by atoms with van der Waals surface area (Å²) in [6, 6.07) is 5.88. The molecule has 15 heavy (non-hydrogen) atoms. The van der Waals surface area contributed by atoms with Crippen LogP contribution in [0.25, 0.3) is 6.08 Å². The largest absolute Gasteiger partial charge is 0.488 e. The lowest BCUT2D eigenvalue weighted by Crippen LogP contribution is -2.15. The van der Waals surface area contributed by atoms with Gasteiger partial charge in [0.1, 0.15) is 12.4 Å². The maximum Gasteiger partial charge on any atom is 0.337 e. The first kappa shape index (κ1) is 9.77. The van der Waals surface area contributed by atoms with Gasteiger partial charge in [-0.05, 0) is 25.1 Å². The lowest BCUT2D eigenvalue weighted by Gasteiger charge is -2.16. The molecule has 3 heteroatoms. The van der Waals surface area contributed by atoms with Gasteiger partial charge in [-0.1, -0.05) is 11.6 Å². The Morgan fingerprint density at radius 3 is 3.00 bits per heavy atom. The van der Waals surface area contributed by atoms with Gasteiger partial charge >= 0.3 is 5.97 Å². The van der Waals surface area contributed by atoms with Crippen LogP contribution in [0.15, 0.2) is 23.8 Å². The molecule has 0 spiro atoms. The Hall–Kier alpha value is -1.77. The van der Waals surface area contributed by atoms with E-state index in [4.69, 9.17) is 4.74 Å². The monoisotopic (exact) mass is 204 g/mol. The average Bonchev–Trinajstić information content (AvgIpc) is 2.27. The Morgan fingerprint density at radius 2 is 2.27 bits per heavy atom. The number of benzene rings is 1. The van der Waals surface area contributed by atoms with Crippen LogP contribution in [0.5, 0.6) is 5.75 Å². The summed E-state index contributed by atoms with van der Waals surface area (Å²) in [6.07, 6.45) is 1.82. The van der Waals surface area contributed by atoms with Gasteiger partial charge in [0.15, 0.2) is 0 Å². The molecular formula is C12H12O3. The van der Waals surface area contributed by atoms with Gasteiger partial charge in [-0.2, -0.15) is 0 Å². The molecule has 1 aromatic carbocycles. The fraction of sp³-hybridized carbons (Fsp3) is 0.250. The van der Waals surface area contributed by atoms with Crippen molar-refractivity contribution in [2.45, 2.75) is 6.92 Å². The second kappa shape index (κ2) is 3.77. The van der Waals surface area contributed by atoms with E-state index < -0.39 is 0 Å². The third-order valence-electron chi connectivity index (χ3n) is 2.33. The van der Waals surface area contributed by atoms with Crippen LogP contribution in [0.3, 0.4) is 0 Å². The van der Waals surface area contributed by atoms with E-state index in [1.807, 2.05) is 31.2 Å². The van der Waals surface area contributed by atoms with Gasteiger partial charge in [0.2, 0.25) is 0 Å². The van der Waals surface area contributed by atoms with E-state index in [1.54, 1.807) is 0 Å². The molecule has 0 atom stereocenters. The quantitative estimate of drug-likeness (QED) is 0.656. The number of carbonyl (C=O) groups excluding carboxylic acids is 1. The van der Waals surface area contributed by atoms with Crippen molar-refractivity contribution in [3.05, 3.63) is 34.9 Å². The summed E-state index contributed by atoms with van der Waals surface area (Å²) in [7, 11) is 1.37. The van der Waals surface area contributed by atoms with Crippen molar-refractivity contribution in [1.29, 1.82) is 0 Å². The number of ether oxygens (including phenoxy) is 2. The molecule has 0 fully saturated rings. The third-order valence-corrected chi connectivity index (χ3v) is 2.33. The molecule has 0 N–H and O–H groups in total. The molecule has 0 aromatic heterocycles. The molecular weight excluding hydrogens is 192 g/mol. The summed E-state index contributed by atoms with van der Waals surface area (Å²) in [5, 5.41) is 0. The predicted octanol–water partition coefficient (Wildman–Crippen LogP) is 1.94. The van der Waals surface area contributed by atoms with Gasteiger partial charge in [-0.25, -0.2) is 4.79 Å². The van der Waals surface area contributed by atoms with Gasteiger partial charge in [0.05, 0.1) is 12.7 Å². The highest BCUT2D eigenvalue weighted by molar-refractivity contribution is 5.95. The number of methoxy groups -OCH3 is 1. The van der Waals surface area contributed by atoms with E-state index >= 15 is 0 Å². The Labute approximate surface area is 88.3 Å². The highest BCUT2D eigenvalue weighted by Crippen LogP contribution is 2.27. The van der Waals surface area contributed by atoms with Crippen molar-refractivity contribution < 1.29 is 14.3 Å². The van der Waals surface area contributed by atoms with Gasteiger partial charge in [0, 0.05) is 5.56 Å². The van der Waals surface area contributed by atoms with Crippen LogP contribution in [0.2, 0.25) is 0 Å². The van der Waals surface area contributed by atoms with E-state index in [1.165, 1.54) is 7.11 Å². The predicted molar refractivity (Wildman–Crippen MR) is 56.7 cm³/mol. The highest BCUT2D eigenvalue weighted by Gasteiger charge is 2.17. The molecule has 1 aromatic rings. The molecule has 1 aliphatic rings. The zero-order chi connectivity index (χ0) is 10.8. The summed E-state index contributed by atoms with van der Waals surface area (Å²) < 4.78 is 10.1. The molecule has 2 rings (SSSR count). The van der Waals surface area contributed by atoms with Crippen LogP contribution in [0.1, 0.15) is 11.1 Å². The van der Waals surface area contributed by atoms with Crippen LogP contribution in [0.4, 0.5) is 0 Å². The molecule has 0 radical (unpaired) electrons.